The molecule has 158 valence electrons. The summed E-state index contributed by atoms with van der Waals surface area (Å²) < 4.78 is 39.6. The first-order valence-electron chi connectivity index (χ1n) is 9.65. The summed E-state index contributed by atoms with van der Waals surface area (Å²) >= 11 is 0. The van der Waals surface area contributed by atoms with Crippen LogP contribution in [-0.2, 0) is 16.6 Å². The van der Waals surface area contributed by atoms with Crippen molar-refractivity contribution < 1.29 is 17.6 Å². The number of benzene rings is 3. The molecule has 0 saturated heterocycles. The van der Waals surface area contributed by atoms with Crippen LogP contribution in [0.2, 0.25) is 0 Å². The Labute approximate surface area is 180 Å². The van der Waals surface area contributed by atoms with Crippen molar-refractivity contribution in [3.8, 4) is 5.75 Å². The third-order valence-electron chi connectivity index (χ3n) is 5.04. The molecule has 0 aliphatic carbocycles. The number of para-hydroxylation sites is 1. The smallest absolute Gasteiger partial charge is 0.266 e. The van der Waals surface area contributed by atoms with E-state index in [4.69, 9.17) is 9.15 Å². The van der Waals surface area contributed by atoms with Gasteiger partial charge in [0, 0.05) is 0 Å². The van der Waals surface area contributed by atoms with E-state index in [9.17, 15) is 13.2 Å². The van der Waals surface area contributed by atoms with Crippen LogP contribution in [0, 0.1) is 6.92 Å². The maximum absolute atomic E-state index is 13.7. The molecule has 0 aliphatic rings. The third kappa shape index (κ3) is 3.92. The average Bonchev–Trinajstić information content (AvgIpc) is 2.80. The molecule has 0 atom stereocenters. The predicted octanol–water partition coefficient (Wildman–Crippen LogP) is 4.51. The zero-order valence-electron chi connectivity index (χ0n) is 17.1. The van der Waals surface area contributed by atoms with E-state index in [0.29, 0.717) is 16.7 Å². The highest BCUT2D eigenvalue weighted by atomic mass is 32.2. The Balaban J connectivity index is 1.92. The largest absolute Gasteiger partial charge is 0.497 e. The Kier molecular flexibility index (Phi) is 5.52. The van der Waals surface area contributed by atoms with Gasteiger partial charge in [0.05, 0.1) is 29.5 Å². The third-order valence-corrected chi connectivity index (χ3v) is 6.79. The highest BCUT2D eigenvalue weighted by molar-refractivity contribution is 7.92. The second-order valence-electron chi connectivity index (χ2n) is 7.03. The number of hydrogen-bond acceptors (Lipinski definition) is 5. The van der Waals surface area contributed by atoms with Gasteiger partial charge >= 0.3 is 0 Å². The van der Waals surface area contributed by atoms with Crippen LogP contribution >= 0.6 is 0 Å². The molecule has 0 radical (unpaired) electrons. The molecule has 0 saturated carbocycles. The topological polar surface area (TPSA) is 76.8 Å². The number of sulfonamides is 1. The lowest BCUT2D eigenvalue weighted by atomic mass is 10.1. The number of methoxy groups -OCH3 is 1. The van der Waals surface area contributed by atoms with E-state index < -0.39 is 10.0 Å². The van der Waals surface area contributed by atoms with Crippen LogP contribution in [0.25, 0.3) is 11.0 Å². The number of anilines is 1. The molecule has 4 aromatic rings. The molecule has 0 aliphatic heterocycles. The summed E-state index contributed by atoms with van der Waals surface area (Å²) in [7, 11) is -2.53. The minimum absolute atomic E-state index is 0.00312. The summed E-state index contributed by atoms with van der Waals surface area (Å²) in [4.78, 5) is 13.0. The first kappa shape index (κ1) is 20.7. The lowest BCUT2D eigenvalue weighted by Crippen LogP contribution is -2.32. The maximum atomic E-state index is 13.7. The monoisotopic (exact) mass is 435 g/mol. The van der Waals surface area contributed by atoms with Crippen molar-refractivity contribution in [2.24, 2.45) is 0 Å². The van der Waals surface area contributed by atoms with Crippen molar-refractivity contribution in [3.05, 3.63) is 100 Å². The van der Waals surface area contributed by atoms with Crippen LogP contribution in [0.1, 0.15) is 11.1 Å². The first-order chi connectivity index (χ1) is 14.9. The second-order valence-corrected chi connectivity index (χ2v) is 8.89. The molecular weight excluding hydrogens is 414 g/mol. The summed E-state index contributed by atoms with van der Waals surface area (Å²) in [5.74, 6) is 0.547. The van der Waals surface area contributed by atoms with Gasteiger partial charge in [-0.3, -0.25) is 4.79 Å². The van der Waals surface area contributed by atoms with Crippen molar-refractivity contribution in [3.63, 3.8) is 0 Å². The van der Waals surface area contributed by atoms with Gasteiger partial charge in [-0.15, -0.1) is 0 Å². The van der Waals surface area contributed by atoms with Crippen molar-refractivity contribution >= 4 is 26.9 Å². The van der Waals surface area contributed by atoms with Gasteiger partial charge in [-0.25, -0.2) is 12.7 Å². The fourth-order valence-electron chi connectivity index (χ4n) is 3.35. The molecule has 6 nitrogen and oxygen atoms in total. The van der Waals surface area contributed by atoms with Crippen molar-refractivity contribution in [1.82, 2.24) is 0 Å². The van der Waals surface area contributed by atoms with E-state index in [1.54, 1.807) is 43.3 Å². The SMILES string of the molecule is COc1ccc(S(=O)(=O)N(Cc2ccccc2)c2oc3ccccc3c(=O)c2C)cc1. The van der Waals surface area contributed by atoms with E-state index in [1.807, 2.05) is 30.3 Å². The number of fused-ring (bicyclic) bond motifs is 1. The highest BCUT2D eigenvalue weighted by Gasteiger charge is 2.30. The minimum Gasteiger partial charge on any atom is -0.497 e. The van der Waals surface area contributed by atoms with Gasteiger partial charge in [-0.1, -0.05) is 42.5 Å². The van der Waals surface area contributed by atoms with E-state index in [0.717, 1.165) is 9.87 Å². The molecule has 0 spiro atoms. The highest BCUT2D eigenvalue weighted by Crippen LogP contribution is 2.30. The molecule has 1 aromatic heterocycles. The fourth-order valence-corrected chi connectivity index (χ4v) is 4.80. The van der Waals surface area contributed by atoms with Crippen LogP contribution in [0.4, 0.5) is 5.88 Å². The van der Waals surface area contributed by atoms with Gasteiger partial charge < -0.3 is 9.15 Å². The quantitative estimate of drug-likeness (QED) is 0.446. The lowest BCUT2D eigenvalue weighted by molar-refractivity contribution is 0.414. The predicted molar refractivity (Wildman–Crippen MR) is 120 cm³/mol. The molecule has 31 heavy (non-hydrogen) atoms. The molecule has 4 rings (SSSR count). The first-order valence-corrected chi connectivity index (χ1v) is 11.1. The standard InChI is InChI=1S/C24H21NO5S/c1-17-23(26)21-10-6-7-11-22(21)30-24(17)25(16-18-8-4-3-5-9-18)31(27,28)20-14-12-19(29-2)13-15-20/h3-15H,16H2,1-2H3. The molecule has 0 amide bonds. The summed E-state index contributed by atoms with van der Waals surface area (Å²) in [6, 6.07) is 22.1. The Hall–Kier alpha value is -3.58. The Morgan fingerprint density at radius 2 is 1.55 bits per heavy atom. The number of rotatable bonds is 6. The van der Waals surface area contributed by atoms with Gasteiger partial charge in [0.2, 0.25) is 5.88 Å². The second kappa shape index (κ2) is 8.28. The van der Waals surface area contributed by atoms with Crippen molar-refractivity contribution in [1.29, 1.82) is 0 Å². The van der Waals surface area contributed by atoms with Crippen LogP contribution in [0.3, 0.4) is 0 Å². The maximum Gasteiger partial charge on any atom is 0.266 e. The van der Waals surface area contributed by atoms with Gasteiger partial charge in [0.1, 0.15) is 11.3 Å². The van der Waals surface area contributed by atoms with Crippen LogP contribution < -0.4 is 14.5 Å². The Morgan fingerprint density at radius 3 is 2.23 bits per heavy atom. The molecule has 7 heteroatoms. The van der Waals surface area contributed by atoms with E-state index in [1.165, 1.54) is 19.2 Å². The Bertz CT molecular complexity index is 1380. The van der Waals surface area contributed by atoms with E-state index in [-0.39, 0.29) is 28.3 Å². The normalized spacial score (nSPS) is 11.4. The molecule has 1 heterocycles. The molecular formula is C24H21NO5S. The van der Waals surface area contributed by atoms with Gasteiger partial charge in [-0.2, -0.15) is 0 Å². The zero-order chi connectivity index (χ0) is 22.0. The molecule has 3 aromatic carbocycles. The molecule has 0 fully saturated rings. The fraction of sp³-hybridized carbons (Fsp3) is 0.125. The van der Waals surface area contributed by atoms with Gasteiger partial charge in [0.25, 0.3) is 10.0 Å². The molecule has 0 N–H and O–H groups in total. The zero-order valence-corrected chi connectivity index (χ0v) is 17.9. The lowest BCUT2D eigenvalue weighted by Gasteiger charge is -2.24. The summed E-state index contributed by atoms with van der Waals surface area (Å²) in [5, 5.41) is 0.408. The summed E-state index contributed by atoms with van der Waals surface area (Å²) in [6.45, 7) is 1.59. The van der Waals surface area contributed by atoms with Gasteiger partial charge in [0.15, 0.2) is 5.43 Å². The number of nitrogens with zero attached hydrogens (tertiary/aromatic N) is 1. The van der Waals surface area contributed by atoms with Crippen molar-refractivity contribution in [2.75, 3.05) is 11.4 Å². The van der Waals surface area contributed by atoms with Crippen molar-refractivity contribution in [2.45, 2.75) is 18.4 Å². The number of hydrogen-bond donors (Lipinski definition) is 0. The van der Waals surface area contributed by atoms with Gasteiger partial charge in [-0.05, 0) is 48.9 Å². The number of ether oxygens (including phenoxy) is 1. The van der Waals surface area contributed by atoms with Crippen LogP contribution in [-0.4, -0.2) is 15.5 Å². The van der Waals surface area contributed by atoms with E-state index >= 15 is 0 Å². The Morgan fingerprint density at radius 1 is 0.903 bits per heavy atom. The molecule has 0 bridgehead atoms. The van der Waals surface area contributed by atoms with Crippen LogP contribution in [0.5, 0.6) is 5.75 Å². The van der Waals surface area contributed by atoms with E-state index in [2.05, 4.69) is 0 Å². The minimum atomic E-state index is -4.04. The summed E-state index contributed by atoms with van der Waals surface area (Å²) in [6.07, 6.45) is 0. The molecule has 0 unspecified atom stereocenters. The average molecular weight is 436 g/mol. The van der Waals surface area contributed by atoms with Crippen LogP contribution in [0.15, 0.2) is 93.0 Å². The summed E-state index contributed by atoms with van der Waals surface area (Å²) in [5.41, 5.74) is 1.05.